The van der Waals surface area contributed by atoms with Gasteiger partial charge >= 0.3 is 11.9 Å². The summed E-state index contributed by atoms with van der Waals surface area (Å²) in [5, 5.41) is 11.8. The Balaban J connectivity index is 4.17. The van der Waals surface area contributed by atoms with Crippen LogP contribution in [0.4, 0.5) is 0 Å². The average molecular weight is 740 g/mol. The molecule has 52 heavy (non-hydrogen) atoms. The third-order valence-corrected chi connectivity index (χ3v) is 10.1. The number of likely N-dealkylation sites (N-methyl/N-ethyl adjacent to an activating group) is 1. The molecule has 308 valence electrons. The van der Waals surface area contributed by atoms with Crippen LogP contribution in [-0.4, -0.2) is 69.1 Å². The molecule has 0 aromatic carbocycles. The first kappa shape index (κ1) is 50.3. The summed E-state index contributed by atoms with van der Waals surface area (Å²) in [6.07, 6.45) is 36.2. The van der Waals surface area contributed by atoms with Gasteiger partial charge in [-0.15, -0.1) is 0 Å². The predicted molar refractivity (Wildman–Crippen MR) is 213 cm³/mol. The van der Waals surface area contributed by atoms with Gasteiger partial charge in [0.15, 0.2) is 0 Å². The fraction of sp³-hybridized carbons (Fsp3) is 0.932. The quantitative estimate of drug-likeness (QED) is 0.0267. The number of hydrogen-bond acceptors (Lipinski definition) is 7. The predicted octanol–water partition coefficient (Wildman–Crippen LogP) is 10.8. The van der Waals surface area contributed by atoms with Crippen LogP contribution in [0.25, 0.3) is 0 Å². The normalized spacial score (nSPS) is 12.3. The van der Waals surface area contributed by atoms with Gasteiger partial charge in [-0.3, -0.25) is 9.59 Å². The van der Waals surface area contributed by atoms with Gasteiger partial charge in [-0.05, 0) is 12.8 Å². The molecule has 8 nitrogen and oxygen atoms in total. The number of hydrogen-bond donors (Lipinski definition) is 0. The lowest BCUT2D eigenvalue weighted by molar-refractivity contribution is -0.913. The summed E-state index contributed by atoms with van der Waals surface area (Å²) in [6, 6.07) is 0. The molecule has 0 amide bonds. The van der Waals surface area contributed by atoms with E-state index in [-0.39, 0.29) is 29.6 Å². The third kappa shape index (κ3) is 34.1. The van der Waals surface area contributed by atoms with Crippen molar-refractivity contribution in [1.82, 2.24) is 0 Å². The molecule has 0 aromatic rings. The van der Waals surface area contributed by atoms with Crippen LogP contribution in [0.1, 0.15) is 219 Å². The Morgan fingerprint density at radius 3 is 0.923 bits per heavy atom. The number of aliphatic carboxylic acids is 1. The highest BCUT2D eigenvalue weighted by atomic mass is 16.6. The summed E-state index contributed by atoms with van der Waals surface area (Å²) < 4.78 is 16.7. The minimum Gasteiger partial charge on any atom is -0.542 e. The zero-order valence-electron chi connectivity index (χ0n) is 35.0. The van der Waals surface area contributed by atoms with Crippen molar-refractivity contribution in [2.24, 2.45) is 0 Å². The highest BCUT2D eigenvalue weighted by Crippen LogP contribution is 2.16. The highest BCUT2D eigenvalue weighted by Gasteiger charge is 2.31. The molecule has 0 aliphatic heterocycles. The van der Waals surface area contributed by atoms with Crippen LogP contribution in [0.3, 0.4) is 0 Å². The Bertz CT molecular complexity index is 778. The SMILES string of the molecule is CCCCCCCCCCCCCCCCCC(=O)OCC(COC(=O)CCCCCCCCCCCCCCCCC)OC(C(=O)[O-])[N+](C)(C)C. The average Bonchev–Trinajstić information content (AvgIpc) is 3.10. The molecule has 1 unspecified atom stereocenters. The van der Waals surface area contributed by atoms with Crippen LogP contribution in [0.15, 0.2) is 0 Å². The number of quaternary nitrogens is 1. The van der Waals surface area contributed by atoms with Gasteiger partial charge in [0.2, 0.25) is 6.23 Å². The number of carbonyl (C=O) groups is 3. The molecule has 0 aliphatic rings. The van der Waals surface area contributed by atoms with Crippen LogP contribution >= 0.6 is 0 Å². The number of nitrogens with zero attached hydrogens (tertiary/aromatic N) is 1. The van der Waals surface area contributed by atoms with Crippen molar-refractivity contribution in [3.05, 3.63) is 0 Å². The van der Waals surface area contributed by atoms with E-state index >= 15 is 0 Å². The molecule has 0 radical (unpaired) electrons. The molecule has 0 aromatic heterocycles. The molecular weight excluding hydrogens is 654 g/mol. The number of carboxylic acid groups (broad SMARTS) is 1. The second-order valence-corrected chi connectivity index (χ2v) is 16.3. The fourth-order valence-corrected chi connectivity index (χ4v) is 6.66. The molecule has 0 saturated carbocycles. The molecule has 0 bridgehead atoms. The molecule has 8 heteroatoms. The molecule has 0 spiro atoms. The van der Waals surface area contributed by atoms with Gasteiger partial charge < -0.3 is 28.6 Å². The van der Waals surface area contributed by atoms with E-state index in [9.17, 15) is 19.5 Å². The molecular formula is C44H85NO7. The molecule has 0 rings (SSSR count). The van der Waals surface area contributed by atoms with E-state index in [1.807, 2.05) is 0 Å². The van der Waals surface area contributed by atoms with Gasteiger partial charge in [0.25, 0.3) is 0 Å². The molecule has 0 aliphatic carbocycles. The maximum atomic E-state index is 12.5. The lowest BCUT2D eigenvalue weighted by atomic mass is 10.0. The Labute approximate surface area is 321 Å². The summed E-state index contributed by atoms with van der Waals surface area (Å²) in [7, 11) is 5.05. The van der Waals surface area contributed by atoms with E-state index in [4.69, 9.17) is 14.2 Å². The van der Waals surface area contributed by atoms with Crippen molar-refractivity contribution in [3.8, 4) is 0 Å². The molecule has 0 fully saturated rings. The largest absolute Gasteiger partial charge is 0.542 e. The first-order valence-electron chi connectivity index (χ1n) is 22.1. The lowest BCUT2D eigenvalue weighted by Crippen LogP contribution is -2.58. The van der Waals surface area contributed by atoms with E-state index in [0.717, 1.165) is 38.5 Å². The summed E-state index contributed by atoms with van der Waals surface area (Å²) in [5.41, 5.74) is 0. The molecule has 0 saturated heterocycles. The van der Waals surface area contributed by atoms with Gasteiger partial charge in [0.05, 0.1) is 21.1 Å². The number of carboxylic acids is 1. The zero-order valence-corrected chi connectivity index (χ0v) is 35.0. The minimum atomic E-state index is -1.37. The second-order valence-electron chi connectivity index (χ2n) is 16.3. The Kier molecular flexibility index (Phi) is 35.1. The summed E-state index contributed by atoms with van der Waals surface area (Å²) in [5.74, 6) is -2.06. The summed E-state index contributed by atoms with van der Waals surface area (Å²) in [4.78, 5) is 36.8. The van der Waals surface area contributed by atoms with Crippen molar-refractivity contribution >= 4 is 17.9 Å². The number of unbranched alkanes of at least 4 members (excludes halogenated alkanes) is 28. The summed E-state index contributed by atoms with van der Waals surface area (Å²) >= 11 is 0. The molecule has 0 heterocycles. The van der Waals surface area contributed by atoms with Crippen LogP contribution in [0.2, 0.25) is 0 Å². The van der Waals surface area contributed by atoms with Gasteiger partial charge in [-0.25, -0.2) is 0 Å². The number of carbonyl (C=O) groups excluding carboxylic acids is 3. The lowest BCUT2D eigenvalue weighted by Gasteiger charge is -2.36. The van der Waals surface area contributed by atoms with Crippen molar-refractivity contribution < 1.29 is 38.2 Å². The van der Waals surface area contributed by atoms with Gasteiger partial charge in [0, 0.05) is 12.8 Å². The topological polar surface area (TPSA) is 102 Å². The van der Waals surface area contributed by atoms with Crippen molar-refractivity contribution in [2.75, 3.05) is 34.4 Å². The number of ether oxygens (including phenoxy) is 3. The van der Waals surface area contributed by atoms with E-state index in [1.165, 1.54) is 154 Å². The minimum absolute atomic E-state index is 0.0427. The number of esters is 2. The van der Waals surface area contributed by atoms with Crippen LogP contribution in [0, 0.1) is 0 Å². The Morgan fingerprint density at radius 1 is 0.442 bits per heavy atom. The second kappa shape index (κ2) is 36.3. The maximum absolute atomic E-state index is 12.5. The maximum Gasteiger partial charge on any atom is 0.305 e. The smallest absolute Gasteiger partial charge is 0.305 e. The van der Waals surface area contributed by atoms with E-state index < -0.39 is 18.3 Å². The standard InChI is InChI=1S/C44H85NO7/c1-6-8-10-12-14-16-18-20-22-24-26-28-30-32-34-36-41(46)50-38-40(52-43(44(48)49)45(3,4)5)39-51-42(47)37-35-33-31-29-27-25-23-21-19-17-15-13-11-9-7-2/h40,43H,6-39H2,1-5H3. The van der Waals surface area contributed by atoms with E-state index in [0.29, 0.717) is 12.8 Å². The first-order valence-corrected chi connectivity index (χ1v) is 22.1. The Hall–Kier alpha value is -1.67. The van der Waals surface area contributed by atoms with Crippen molar-refractivity contribution in [2.45, 2.75) is 232 Å². The first-order chi connectivity index (χ1) is 25.1. The van der Waals surface area contributed by atoms with Crippen LogP contribution in [0.5, 0.6) is 0 Å². The Morgan fingerprint density at radius 2 is 0.692 bits per heavy atom. The molecule has 1 atom stereocenters. The zero-order chi connectivity index (χ0) is 38.5. The van der Waals surface area contributed by atoms with Gasteiger partial charge in [-0.2, -0.15) is 0 Å². The highest BCUT2D eigenvalue weighted by molar-refractivity contribution is 5.70. The van der Waals surface area contributed by atoms with E-state index in [2.05, 4.69) is 13.8 Å². The van der Waals surface area contributed by atoms with E-state index in [1.54, 1.807) is 21.1 Å². The van der Waals surface area contributed by atoms with Crippen molar-refractivity contribution in [1.29, 1.82) is 0 Å². The van der Waals surface area contributed by atoms with Gasteiger partial charge in [-0.1, -0.05) is 194 Å². The van der Waals surface area contributed by atoms with Crippen molar-refractivity contribution in [3.63, 3.8) is 0 Å². The van der Waals surface area contributed by atoms with Gasteiger partial charge in [0.1, 0.15) is 25.3 Å². The third-order valence-electron chi connectivity index (χ3n) is 10.1. The summed E-state index contributed by atoms with van der Waals surface area (Å²) in [6.45, 7) is 4.18. The van der Waals surface area contributed by atoms with Crippen LogP contribution in [-0.2, 0) is 28.6 Å². The van der Waals surface area contributed by atoms with Crippen LogP contribution < -0.4 is 5.11 Å². The fourth-order valence-electron chi connectivity index (χ4n) is 6.66. The number of rotatable bonds is 40. The molecule has 0 N–H and O–H groups in total. The monoisotopic (exact) mass is 740 g/mol.